The van der Waals surface area contributed by atoms with Gasteiger partial charge in [-0.25, -0.2) is 33.1 Å². The normalized spacial score (nSPS) is 18.1. The molecule has 1 aliphatic carbocycles. The van der Waals surface area contributed by atoms with Crippen molar-refractivity contribution in [3.63, 3.8) is 0 Å². The molecule has 2 amide bonds. The highest BCUT2D eigenvalue weighted by atomic mass is 32.2. The van der Waals surface area contributed by atoms with Crippen LogP contribution in [0.25, 0.3) is 11.4 Å². The first-order chi connectivity index (χ1) is 19.7. The maximum atomic E-state index is 13.8. The lowest BCUT2D eigenvalue weighted by molar-refractivity contribution is 0.0985. The summed E-state index contributed by atoms with van der Waals surface area (Å²) in [6.07, 6.45) is 2.53. The lowest BCUT2D eigenvalue weighted by Crippen LogP contribution is -2.44. The molecule has 2 N–H and O–H groups in total. The number of urea groups is 1. The summed E-state index contributed by atoms with van der Waals surface area (Å²) in [7, 11) is -3.75. The Kier molecular flexibility index (Phi) is 7.18. The van der Waals surface area contributed by atoms with Gasteiger partial charge in [-0.1, -0.05) is 6.07 Å². The molecule has 1 atom stereocenters. The first kappa shape index (κ1) is 27.2. The van der Waals surface area contributed by atoms with E-state index in [9.17, 15) is 13.2 Å². The summed E-state index contributed by atoms with van der Waals surface area (Å²) in [6, 6.07) is 13.8. The summed E-state index contributed by atoms with van der Waals surface area (Å²) in [4.78, 5) is 32.6. The lowest BCUT2D eigenvalue weighted by Gasteiger charge is -2.34. The third-order valence-electron chi connectivity index (χ3n) is 7.20. The van der Waals surface area contributed by atoms with E-state index in [0.717, 1.165) is 11.3 Å². The topological polar surface area (TPSA) is 139 Å². The van der Waals surface area contributed by atoms with Crippen LogP contribution in [0, 0.1) is 6.92 Å². The van der Waals surface area contributed by atoms with Crippen molar-refractivity contribution >= 4 is 44.5 Å². The van der Waals surface area contributed by atoms with Crippen molar-refractivity contribution in [2.45, 2.75) is 41.8 Å². The number of morpholine rings is 1. The van der Waals surface area contributed by atoms with Crippen LogP contribution in [0.1, 0.15) is 31.2 Å². The molecule has 2 aliphatic rings. The predicted molar refractivity (Wildman–Crippen MR) is 157 cm³/mol. The van der Waals surface area contributed by atoms with Crippen LogP contribution >= 0.6 is 11.3 Å². The molecule has 0 bridgehead atoms. The number of sulfone groups is 1. The number of rotatable bonds is 7. The summed E-state index contributed by atoms with van der Waals surface area (Å²) in [6.45, 7) is 5.59. The molecule has 1 saturated carbocycles. The summed E-state index contributed by atoms with van der Waals surface area (Å²) in [5, 5.41) is 7.22. The van der Waals surface area contributed by atoms with Gasteiger partial charge in [-0.3, -0.25) is 5.32 Å². The number of carbonyl (C=O) groups excluding carboxylic acids is 1. The fraction of sp³-hybridized carbons (Fsp3) is 0.321. The number of nitrogens with one attached hydrogen (secondary N) is 2. The van der Waals surface area contributed by atoms with Gasteiger partial charge in [0, 0.05) is 41.1 Å². The average Bonchev–Trinajstić information content (AvgIpc) is 3.68. The number of pyridine rings is 1. The molecule has 2 fully saturated rings. The van der Waals surface area contributed by atoms with E-state index < -0.39 is 20.6 Å². The summed E-state index contributed by atoms with van der Waals surface area (Å²) in [5.74, 6) is 1.51. The van der Waals surface area contributed by atoms with E-state index in [1.165, 1.54) is 0 Å². The van der Waals surface area contributed by atoms with E-state index in [1.807, 2.05) is 6.07 Å². The Morgan fingerprint density at radius 2 is 1.90 bits per heavy atom. The monoisotopic (exact) mass is 591 g/mol. The number of amides is 2. The van der Waals surface area contributed by atoms with Crippen LogP contribution in [0.3, 0.4) is 0 Å². The first-order valence-electron chi connectivity index (χ1n) is 13.3. The Balaban J connectivity index is 1.33. The Bertz CT molecular complexity index is 1670. The number of carbonyl (C=O) groups is 1. The molecule has 0 unspecified atom stereocenters. The number of hydrogen-bond donors (Lipinski definition) is 2. The highest BCUT2D eigenvalue weighted by Crippen LogP contribution is 2.55. The minimum Gasteiger partial charge on any atom is -0.377 e. The Morgan fingerprint density at radius 3 is 2.56 bits per heavy atom. The second-order valence-corrected chi connectivity index (χ2v) is 13.5. The summed E-state index contributed by atoms with van der Waals surface area (Å²) >= 11 is 1.15. The predicted octanol–water partition coefficient (Wildman–Crippen LogP) is 4.64. The van der Waals surface area contributed by atoms with Crippen molar-refractivity contribution in [3.05, 3.63) is 71.5 Å². The Hall–Kier alpha value is -3.94. The van der Waals surface area contributed by atoms with Gasteiger partial charge in [0.1, 0.15) is 16.4 Å². The molecular weight excluding hydrogens is 562 g/mol. The second kappa shape index (κ2) is 10.8. The van der Waals surface area contributed by atoms with Crippen LogP contribution < -0.4 is 15.5 Å². The van der Waals surface area contributed by atoms with E-state index in [2.05, 4.69) is 32.4 Å². The van der Waals surface area contributed by atoms with Crippen molar-refractivity contribution in [2.75, 3.05) is 35.3 Å². The average molecular weight is 592 g/mol. The molecular formula is C28H29N7O4S2. The molecule has 3 aromatic heterocycles. The van der Waals surface area contributed by atoms with Gasteiger partial charge in [-0.05, 0) is 63.1 Å². The number of ether oxygens (including phenoxy) is 1. The number of aromatic nitrogens is 4. The van der Waals surface area contributed by atoms with Gasteiger partial charge in [0.05, 0.1) is 24.9 Å². The molecule has 11 nitrogen and oxygen atoms in total. The van der Waals surface area contributed by atoms with Crippen molar-refractivity contribution in [2.24, 2.45) is 0 Å². The first-order valence-corrected chi connectivity index (χ1v) is 15.6. The second-order valence-electron chi connectivity index (χ2n) is 10.2. The van der Waals surface area contributed by atoms with Crippen LogP contribution in [0.2, 0.25) is 0 Å². The molecule has 212 valence electrons. The van der Waals surface area contributed by atoms with Crippen molar-refractivity contribution in [1.82, 2.24) is 19.9 Å². The minimum absolute atomic E-state index is 0.0666. The van der Waals surface area contributed by atoms with E-state index >= 15 is 0 Å². The number of thiazole rings is 1. The molecule has 1 saturated heterocycles. The molecule has 0 spiro atoms. The van der Waals surface area contributed by atoms with Gasteiger partial charge in [0.15, 0.2) is 5.82 Å². The summed E-state index contributed by atoms with van der Waals surface area (Å²) < 4.78 is 32.2. The van der Waals surface area contributed by atoms with E-state index in [1.54, 1.807) is 61.0 Å². The highest BCUT2D eigenvalue weighted by Gasteiger charge is 2.59. The van der Waals surface area contributed by atoms with Gasteiger partial charge in [-0.15, -0.1) is 11.3 Å². The summed E-state index contributed by atoms with van der Waals surface area (Å²) in [5.41, 5.74) is 2.42. The SMILES string of the molecule is Cc1csc(S(=O)(=O)C2(c3cc(N4CCOC[C@@H]4C)nc(-c4ccc(NC(=O)Nc5ccccn5)cc4)n3)CC2)n1. The Morgan fingerprint density at radius 1 is 1.10 bits per heavy atom. The van der Waals surface area contributed by atoms with Crippen LogP contribution in [0.4, 0.5) is 22.1 Å². The zero-order valence-corrected chi connectivity index (χ0v) is 24.2. The highest BCUT2D eigenvalue weighted by molar-refractivity contribution is 7.94. The van der Waals surface area contributed by atoms with Crippen molar-refractivity contribution in [1.29, 1.82) is 0 Å². The van der Waals surface area contributed by atoms with Gasteiger partial charge < -0.3 is 15.0 Å². The third kappa shape index (κ3) is 5.39. The number of aryl methyl sites for hydroxylation is 1. The number of anilines is 3. The van der Waals surface area contributed by atoms with Crippen LogP contribution in [-0.2, 0) is 19.3 Å². The van der Waals surface area contributed by atoms with Gasteiger partial charge in [0.2, 0.25) is 14.2 Å². The standard InChI is InChI=1S/C28H29N7O4S2/c1-18-17-40-27(30-18)41(37,38)28(10-11-28)22-15-24(35-13-14-39-16-19(35)2)34-25(32-22)20-6-8-21(9-7-20)31-26(36)33-23-5-3-4-12-29-23/h3-9,12,15,17,19H,10-11,13-14,16H2,1-2H3,(H2,29,31,33,36)/t19-/m0/s1. The molecule has 4 heterocycles. The van der Waals surface area contributed by atoms with Gasteiger partial charge >= 0.3 is 6.03 Å². The molecule has 6 rings (SSSR count). The Labute approximate surface area is 242 Å². The van der Waals surface area contributed by atoms with Crippen LogP contribution in [0.5, 0.6) is 0 Å². The molecule has 13 heteroatoms. The minimum atomic E-state index is -3.75. The quantitative estimate of drug-likeness (QED) is 0.315. The van der Waals surface area contributed by atoms with Crippen molar-refractivity contribution in [3.8, 4) is 11.4 Å². The van der Waals surface area contributed by atoms with Gasteiger partial charge in [-0.2, -0.15) is 0 Å². The lowest BCUT2D eigenvalue weighted by atomic mass is 10.1. The fourth-order valence-electron chi connectivity index (χ4n) is 4.83. The molecule has 0 radical (unpaired) electrons. The van der Waals surface area contributed by atoms with Crippen LogP contribution in [-0.4, -0.2) is 60.2 Å². The van der Waals surface area contributed by atoms with E-state index in [0.29, 0.717) is 72.7 Å². The zero-order valence-electron chi connectivity index (χ0n) is 22.6. The smallest absolute Gasteiger partial charge is 0.324 e. The molecule has 41 heavy (non-hydrogen) atoms. The van der Waals surface area contributed by atoms with Gasteiger partial charge in [0.25, 0.3) is 0 Å². The van der Waals surface area contributed by atoms with Crippen LogP contribution in [0.15, 0.2) is 64.4 Å². The fourth-order valence-corrected chi connectivity index (χ4v) is 8.10. The largest absolute Gasteiger partial charge is 0.377 e. The number of nitrogens with zero attached hydrogens (tertiary/aromatic N) is 5. The molecule has 4 aromatic rings. The molecule has 1 aromatic carbocycles. The zero-order chi connectivity index (χ0) is 28.6. The number of benzene rings is 1. The number of hydrogen-bond acceptors (Lipinski definition) is 10. The van der Waals surface area contributed by atoms with Crippen molar-refractivity contribution < 1.29 is 17.9 Å². The maximum absolute atomic E-state index is 13.8. The van der Waals surface area contributed by atoms with E-state index in [-0.39, 0.29) is 10.4 Å². The molecule has 1 aliphatic heterocycles. The maximum Gasteiger partial charge on any atom is 0.324 e. The van der Waals surface area contributed by atoms with E-state index in [4.69, 9.17) is 14.7 Å². The third-order valence-corrected chi connectivity index (χ3v) is 11.1.